The zero-order valence-corrected chi connectivity index (χ0v) is 20.9. The Labute approximate surface area is 211 Å². The molecule has 0 unspecified atom stereocenters. The van der Waals surface area contributed by atoms with Crippen LogP contribution in [0.5, 0.6) is 11.5 Å². The molecule has 1 amide bonds. The van der Waals surface area contributed by atoms with Crippen LogP contribution in [0.4, 0.5) is 5.13 Å². The topological polar surface area (TPSA) is 115 Å². The fourth-order valence-corrected chi connectivity index (χ4v) is 5.03. The van der Waals surface area contributed by atoms with E-state index in [0.29, 0.717) is 34.9 Å². The van der Waals surface area contributed by atoms with Crippen molar-refractivity contribution in [3.63, 3.8) is 0 Å². The van der Waals surface area contributed by atoms with Gasteiger partial charge in [-0.15, -0.1) is 0 Å². The van der Waals surface area contributed by atoms with Crippen molar-refractivity contribution in [3.05, 3.63) is 75.8 Å². The number of para-hydroxylation sites is 1. The fraction of sp³-hybridized carbons (Fsp3) is 0.231. The number of hydrogen-bond acceptors (Lipinski definition) is 9. The predicted octanol–water partition coefficient (Wildman–Crippen LogP) is 4.27. The van der Waals surface area contributed by atoms with Gasteiger partial charge in [0.1, 0.15) is 28.2 Å². The number of Topliss-reactive ketones (excluding diaryl/α,β-unsaturated/α-hetero) is 1. The Kier molecular flexibility index (Phi) is 7.07. The van der Waals surface area contributed by atoms with Gasteiger partial charge in [-0.3, -0.25) is 14.5 Å². The van der Waals surface area contributed by atoms with Gasteiger partial charge in [-0.1, -0.05) is 29.5 Å². The van der Waals surface area contributed by atoms with Crippen LogP contribution in [-0.2, 0) is 14.3 Å². The molecule has 2 heterocycles. The molecule has 0 bridgehead atoms. The van der Waals surface area contributed by atoms with E-state index in [9.17, 15) is 19.5 Å². The summed E-state index contributed by atoms with van der Waals surface area (Å²) in [7, 11) is 2.72. The summed E-state index contributed by atoms with van der Waals surface area (Å²) in [6.07, 6.45) is 0. The highest BCUT2D eigenvalue weighted by Gasteiger charge is 2.49. The number of carbonyl (C=O) groups is 3. The van der Waals surface area contributed by atoms with E-state index in [2.05, 4.69) is 4.98 Å². The van der Waals surface area contributed by atoms with Crippen molar-refractivity contribution in [1.29, 1.82) is 0 Å². The number of rotatable bonds is 7. The number of anilines is 1. The summed E-state index contributed by atoms with van der Waals surface area (Å²) >= 11 is 0.930. The average Bonchev–Trinajstić information content (AvgIpc) is 3.40. The number of aliphatic hydroxyl groups excluding tert-OH is 1. The molecule has 0 radical (unpaired) electrons. The number of carbonyl (C=O) groups excluding carboxylic acids is 3. The third-order valence-electron chi connectivity index (χ3n) is 5.68. The number of ketones is 1. The molecule has 4 rings (SSSR count). The number of nitrogens with zero attached hydrogens (tertiary/aromatic N) is 2. The van der Waals surface area contributed by atoms with E-state index in [0.717, 1.165) is 11.3 Å². The molecule has 1 aromatic heterocycles. The summed E-state index contributed by atoms with van der Waals surface area (Å²) in [5.41, 5.74) is 1.04. The van der Waals surface area contributed by atoms with E-state index < -0.39 is 23.7 Å². The molecule has 3 aromatic rings. The van der Waals surface area contributed by atoms with Gasteiger partial charge in [-0.25, -0.2) is 9.78 Å². The lowest BCUT2D eigenvalue weighted by Gasteiger charge is -2.24. The summed E-state index contributed by atoms with van der Waals surface area (Å²) in [6, 6.07) is 12.4. The first-order valence-electron chi connectivity index (χ1n) is 11.0. The van der Waals surface area contributed by atoms with E-state index in [-0.39, 0.29) is 21.3 Å². The Bertz CT molecular complexity index is 1360. The number of benzene rings is 2. The largest absolute Gasteiger partial charge is 0.507 e. The number of amides is 1. The van der Waals surface area contributed by atoms with Gasteiger partial charge < -0.3 is 19.3 Å². The monoisotopic (exact) mass is 508 g/mol. The van der Waals surface area contributed by atoms with Gasteiger partial charge in [0, 0.05) is 11.1 Å². The molecule has 186 valence electrons. The van der Waals surface area contributed by atoms with Crippen LogP contribution < -0.4 is 14.4 Å². The normalized spacial score (nSPS) is 16.8. The van der Waals surface area contributed by atoms with Gasteiger partial charge in [0.15, 0.2) is 5.13 Å². The van der Waals surface area contributed by atoms with E-state index >= 15 is 0 Å². The van der Waals surface area contributed by atoms with Crippen LogP contribution in [0.15, 0.2) is 54.1 Å². The van der Waals surface area contributed by atoms with Crippen molar-refractivity contribution in [2.45, 2.75) is 19.9 Å². The molecule has 1 aliphatic rings. The lowest BCUT2D eigenvalue weighted by molar-refractivity contribution is -0.132. The van der Waals surface area contributed by atoms with E-state index in [1.54, 1.807) is 55.5 Å². The highest BCUT2D eigenvalue weighted by Crippen LogP contribution is 2.46. The number of aryl methyl sites for hydroxylation is 1. The second-order valence-corrected chi connectivity index (χ2v) is 8.75. The maximum atomic E-state index is 13.4. The quantitative estimate of drug-likeness (QED) is 0.218. The van der Waals surface area contributed by atoms with Crippen LogP contribution >= 0.6 is 11.3 Å². The van der Waals surface area contributed by atoms with Crippen molar-refractivity contribution in [1.82, 2.24) is 4.98 Å². The Morgan fingerprint density at radius 1 is 1.11 bits per heavy atom. The summed E-state index contributed by atoms with van der Waals surface area (Å²) in [4.78, 5) is 44.7. The Hall–Kier alpha value is -4.18. The number of aromatic nitrogens is 1. The second-order valence-electron chi connectivity index (χ2n) is 7.77. The van der Waals surface area contributed by atoms with Gasteiger partial charge in [0.25, 0.3) is 5.78 Å². The minimum absolute atomic E-state index is 0.122. The molecule has 0 aliphatic carbocycles. The second kappa shape index (κ2) is 10.2. The van der Waals surface area contributed by atoms with Crippen LogP contribution in [-0.4, -0.2) is 48.6 Å². The molecule has 1 N–H and O–H groups in total. The molecule has 1 aliphatic heterocycles. The third kappa shape index (κ3) is 4.31. The molecule has 0 saturated carbocycles. The minimum Gasteiger partial charge on any atom is -0.507 e. The van der Waals surface area contributed by atoms with Crippen LogP contribution in [0.3, 0.4) is 0 Å². The predicted molar refractivity (Wildman–Crippen MR) is 134 cm³/mol. The number of methoxy groups -OCH3 is 2. The van der Waals surface area contributed by atoms with Gasteiger partial charge in [0.2, 0.25) is 0 Å². The SMILES string of the molecule is CCOc1ccc(C(O)=C2C(=O)C(=O)N(c3nc(C)c(C(=O)OC)s3)[C@@H]2c2ccccc2OC)cc1. The zero-order valence-electron chi connectivity index (χ0n) is 20.1. The molecule has 9 nitrogen and oxygen atoms in total. The highest BCUT2D eigenvalue weighted by molar-refractivity contribution is 7.17. The molecule has 10 heteroatoms. The Morgan fingerprint density at radius 2 is 1.81 bits per heavy atom. The van der Waals surface area contributed by atoms with Gasteiger partial charge >= 0.3 is 11.9 Å². The van der Waals surface area contributed by atoms with Gasteiger partial charge in [-0.05, 0) is 44.2 Å². The first-order valence-corrected chi connectivity index (χ1v) is 11.9. The number of hydrogen-bond donors (Lipinski definition) is 1. The molecule has 1 saturated heterocycles. The smallest absolute Gasteiger partial charge is 0.350 e. The Morgan fingerprint density at radius 3 is 2.44 bits per heavy atom. The lowest BCUT2D eigenvalue weighted by atomic mass is 9.94. The molecule has 1 atom stereocenters. The van der Waals surface area contributed by atoms with Gasteiger partial charge in [-0.2, -0.15) is 0 Å². The van der Waals surface area contributed by atoms with Gasteiger partial charge in [0.05, 0.1) is 32.1 Å². The van der Waals surface area contributed by atoms with Crippen molar-refractivity contribution in [2.24, 2.45) is 0 Å². The van der Waals surface area contributed by atoms with Crippen molar-refractivity contribution in [2.75, 3.05) is 25.7 Å². The van der Waals surface area contributed by atoms with Crippen LogP contribution in [0, 0.1) is 6.92 Å². The minimum atomic E-state index is -1.05. The molecule has 36 heavy (non-hydrogen) atoms. The Balaban J connectivity index is 1.93. The van der Waals surface area contributed by atoms with Crippen LogP contribution in [0.25, 0.3) is 5.76 Å². The van der Waals surface area contributed by atoms with E-state index in [1.165, 1.54) is 19.1 Å². The number of ether oxygens (including phenoxy) is 3. The van der Waals surface area contributed by atoms with Crippen LogP contribution in [0.2, 0.25) is 0 Å². The molecule has 0 spiro atoms. The fourth-order valence-electron chi connectivity index (χ4n) is 4.01. The number of esters is 1. The zero-order chi connectivity index (χ0) is 26.0. The van der Waals surface area contributed by atoms with Crippen molar-refractivity contribution in [3.8, 4) is 11.5 Å². The molecular weight excluding hydrogens is 484 g/mol. The first kappa shape index (κ1) is 24.9. The summed E-state index contributed by atoms with van der Waals surface area (Å²) in [5, 5.41) is 11.4. The maximum absolute atomic E-state index is 13.4. The first-order chi connectivity index (χ1) is 17.3. The average molecular weight is 509 g/mol. The molecule has 2 aromatic carbocycles. The van der Waals surface area contributed by atoms with Crippen molar-refractivity contribution >= 4 is 39.9 Å². The molecule has 1 fully saturated rings. The third-order valence-corrected chi connectivity index (χ3v) is 6.82. The van der Waals surface area contributed by atoms with Crippen molar-refractivity contribution < 1.29 is 33.7 Å². The summed E-state index contributed by atoms with van der Waals surface area (Å²) < 4.78 is 15.8. The molecular formula is C26H24N2O7S. The summed E-state index contributed by atoms with van der Waals surface area (Å²) in [6.45, 7) is 3.94. The van der Waals surface area contributed by atoms with E-state index in [1.807, 2.05) is 6.92 Å². The lowest BCUT2D eigenvalue weighted by Crippen LogP contribution is -2.29. The van der Waals surface area contributed by atoms with Crippen LogP contribution in [0.1, 0.15) is 39.5 Å². The van der Waals surface area contributed by atoms with E-state index in [4.69, 9.17) is 14.2 Å². The highest BCUT2D eigenvalue weighted by atomic mass is 32.1. The number of aliphatic hydroxyl groups is 1. The number of thiazole rings is 1. The standard InChI is InChI=1S/C26H24N2O7S/c1-5-35-16-12-10-15(11-13-16)21(29)19-20(17-8-6-7-9-18(17)33-3)28(24(31)22(19)30)26-27-14(2)23(36-26)25(32)34-4/h6-13,20,29H,5H2,1-4H3/t20-/m1/s1. The maximum Gasteiger partial charge on any atom is 0.350 e. The summed E-state index contributed by atoms with van der Waals surface area (Å²) in [5.74, 6) is -1.71.